The second kappa shape index (κ2) is 6.02. The molecule has 2 aromatic carbocycles. The maximum atomic E-state index is 13.2. The lowest BCUT2D eigenvalue weighted by atomic mass is 9.94. The number of hydrogen-bond acceptors (Lipinski definition) is 3. The summed E-state index contributed by atoms with van der Waals surface area (Å²) >= 11 is 0. The molecule has 0 amide bonds. The Morgan fingerprint density at radius 3 is 2.40 bits per heavy atom. The van der Waals surface area contributed by atoms with Crippen LogP contribution in [-0.2, 0) is 6.42 Å². The molecule has 0 saturated heterocycles. The Balaban J connectivity index is 1.72. The third-order valence-electron chi connectivity index (χ3n) is 4.35. The molecule has 3 aromatic rings. The summed E-state index contributed by atoms with van der Waals surface area (Å²) in [6.07, 6.45) is 3.84. The molecule has 25 heavy (non-hydrogen) atoms. The number of aromatic nitrogens is 2. The van der Waals surface area contributed by atoms with Gasteiger partial charge < -0.3 is 4.74 Å². The Labute approximate surface area is 144 Å². The van der Waals surface area contributed by atoms with Crippen LogP contribution in [0.25, 0.3) is 16.7 Å². The monoisotopic (exact) mass is 334 g/mol. The number of allylic oxidation sites excluding steroid dienone is 2. The van der Waals surface area contributed by atoms with E-state index in [1.54, 1.807) is 31.5 Å². The molecular formula is C20H15FN2O2. The summed E-state index contributed by atoms with van der Waals surface area (Å²) in [5.41, 5.74) is 4.37. The van der Waals surface area contributed by atoms with Gasteiger partial charge in [-0.25, -0.2) is 9.07 Å². The summed E-state index contributed by atoms with van der Waals surface area (Å²) in [6, 6.07) is 13.8. The fourth-order valence-corrected chi connectivity index (χ4v) is 3.04. The van der Waals surface area contributed by atoms with Crippen molar-refractivity contribution in [3.05, 3.63) is 77.9 Å². The van der Waals surface area contributed by atoms with Crippen LogP contribution in [0.3, 0.4) is 0 Å². The van der Waals surface area contributed by atoms with Crippen LogP contribution in [0.15, 0.2) is 60.8 Å². The van der Waals surface area contributed by atoms with Crippen LogP contribution in [0.4, 0.5) is 4.39 Å². The normalized spacial score (nSPS) is 13.4. The smallest absolute Gasteiger partial charge is 0.271 e. The topological polar surface area (TPSA) is 44.1 Å². The number of fused-ring (bicyclic) bond motifs is 1. The zero-order valence-corrected chi connectivity index (χ0v) is 13.6. The second-order valence-corrected chi connectivity index (χ2v) is 5.84. The number of halogens is 1. The van der Waals surface area contributed by atoms with E-state index in [-0.39, 0.29) is 11.7 Å². The second-order valence-electron chi connectivity index (χ2n) is 5.84. The highest BCUT2D eigenvalue weighted by molar-refractivity contribution is 6.00. The molecule has 4 rings (SSSR count). The van der Waals surface area contributed by atoms with E-state index >= 15 is 0 Å². The first-order valence-corrected chi connectivity index (χ1v) is 7.88. The van der Waals surface area contributed by atoms with Gasteiger partial charge in [0.2, 0.25) is 0 Å². The highest BCUT2D eigenvalue weighted by Crippen LogP contribution is 2.32. The quantitative estimate of drug-likeness (QED) is 0.728. The minimum Gasteiger partial charge on any atom is -0.497 e. The first kappa shape index (κ1) is 15.3. The molecule has 0 bridgehead atoms. The molecule has 5 heteroatoms. The van der Waals surface area contributed by atoms with Crippen molar-refractivity contribution < 1.29 is 13.9 Å². The first-order chi connectivity index (χ1) is 12.2. The van der Waals surface area contributed by atoms with E-state index in [0.29, 0.717) is 6.42 Å². The molecule has 0 atom stereocenters. The van der Waals surface area contributed by atoms with Crippen molar-refractivity contribution in [3.63, 3.8) is 0 Å². The van der Waals surface area contributed by atoms with Crippen LogP contribution in [0.5, 0.6) is 5.75 Å². The Morgan fingerprint density at radius 2 is 1.72 bits per heavy atom. The minimum atomic E-state index is -0.292. The predicted octanol–water partition coefficient (Wildman–Crippen LogP) is 3.98. The van der Waals surface area contributed by atoms with Crippen molar-refractivity contribution in [1.82, 2.24) is 9.78 Å². The van der Waals surface area contributed by atoms with Gasteiger partial charge in [0.05, 0.1) is 19.0 Å². The highest BCUT2D eigenvalue weighted by atomic mass is 19.1. The number of carbonyl (C=O) groups excluding carboxylic acids is 1. The third kappa shape index (κ3) is 2.74. The summed E-state index contributed by atoms with van der Waals surface area (Å²) in [5.74, 6) is 0.295. The molecule has 0 unspecified atom stereocenters. The predicted molar refractivity (Wildman–Crippen MR) is 92.9 cm³/mol. The number of nitrogens with zero attached hydrogens (tertiary/aromatic N) is 2. The SMILES string of the molecule is COc1ccc(C2=CC(=O)n3ncc(-c4ccc(F)cc4)c3C2)cc1. The zero-order valence-electron chi connectivity index (χ0n) is 13.6. The molecule has 1 aliphatic rings. The summed E-state index contributed by atoms with van der Waals surface area (Å²) in [4.78, 5) is 12.4. The summed E-state index contributed by atoms with van der Waals surface area (Å²) in [7, 11) is 1.62. The van der Waals surface area contributed by atoms with Crippen molar-refractivity contribution >= 4 is 11.5 Å². The van der Waals surface area contributed by atoms with Gasteiger partial charge in [-0.2, -0.15) is 5.10 Å². The van der Waals surface area contributed by atoms with E-state index in [4.69, 9.17) is 4.74 Å². The van der Waals surface area contributed by atoms with Crippen LogP contribution in [0.2, 0.25) is 0 Å². The van der Waals surface area contributed by atoms with Crippen LogP contribution in [0.1, 0.15) is 16.1 Å². The number of rotatable bonds is 3. The average Bonchev–Trinajstić information content (AvgIpc) is 3.07. The highest BCUT2D eigenvalue weighted by Gasteiger charge is 2.23. The van der Waals surface area contributed by atoms with Crippen molar-refractivity contribution in [3.8, 4) is 16.9 Å². The van der Waals surface area contributed by atoms with Crippen molar-refractivity contribution in [2.75, 3.05) is 7.11 Å². The molecule has 1 aromatic heterocycles. The standard InChI is InChI=1S/C20H15FN2O2/c1-25-17-8-4-13(5-9-17)15-10-19-18(12-22-23(19)20(24)11-15)14-2-6-16(21)7-3-14/h2-9,11-12H,10H2,1H3. The van der Waals surface area contributed by atoms with E-state index < -0.39 is 0 Å². The molecule has 0 spiro atoms. The van der Waals surface area contributed by atoms with Gasteiger partial charge in [0.1, 0.15) is 11.6 Å². The lowest BCUT2D eigenvalue weighted by molar-refractivity contribution is 0.0949. The van der Waals surface area contributed by atoms with Gasteiger partial charge >= 0.3 is 0 Å². The molecule has 1 aliphatic heterocycles. The van der Waals surface area contributed by atoms with E-state index in [1.165, 1.54) is 16.8 Å². The fourth-order valence-electron chi connectivity index (χ4n) is 3.04. The summed E-state index contributed by atoms with van der Waals surface area (Å²) in [5, 5.41) is 4.20. The van der Waals surface area contributed by atoms with Gasteiger partial charge in [-0.05, 0) is 41.0 Å². The van der Waals surface area contributed by atoms with Crippen LogP contribution >= 0.6 is 0 Å². The maximum absolute atomic E-state index is 13.2. The Kier molecular flexibility index (Phi) is 3.69. The van der Waals surface area contributed by atoms with E-state index in [0.717, 1.165) is 33.7 Å². The molecule has 0 fully saturated rings. The van der Waals surface area contributed by atoms with E-state index in [2.05, 4.69) is 5.10 Å². The van der Waals surface area contributed by atoms with Gasteiger partial charge in [0, 0.05) is 18.1 Å². The van der Waals surface area contributed by atoms with Gasteiger partial charge in [-0.3, -0.25) is 4.79 Å². The molecule has 0 radical (unpaired) electrons. The third-order valence-corrected chi connectivity index (χ3v) is 4.35. The Morgan fingerprint density at radius 1 is 1.04 bits per heavy atom. The number of benzene rings is 2. The number of carbonyl (C=O) groups is 1. The van der Waals surface area contributed by atoms with Crippen molar-refractivity contribution in [2.24, 2.45) is 0 Å². The molecule has 0 saturated carbocycles. The number of hydrogen-bond donors (Lipinski definition) is 0. The number of methoxy groups -OCH3 is 1. The van der Waals surface area contributed by atoms with Crippen molar-refractivity contribution in [2.45, 2.75) is 6.42 Å². The lowest BCUT2D eigenvalue weighted by Gasteiger charge is -2.16. The van der Waals surface area contributed by atoms with Crippen LogP contribution in [0, 0.1) is 5.82 Å². The molecule has 4 nitrogen and oxygen atoms in total. The van der Waals surface area contributed by atoms with Gasteiger partial charge in [-0.1, -0.05) is 24.3 Å². The molecule has 2 heterocycles. The minimum absolute atomic E-state index is 0.180. The summed E-state index contributed by atoms with van der Waals surface area (Å²) in [6.45, 7) is 0. The first-order valence-electron chi connectivity index (χ1n) is 7.88. The van der Waals surface area contributed by atoms with E-state index in [9.17, 15) is 9.18 Å². The lowest BCUT2D eigenvalue weighted by Crippen LogP contribution is -2.18. The van der Waals surface area contributed by atoms with Gasteiger partial charge in [-0.15, -0.1) is 0 Å². The summed E-state index contributed by atoms with van der Waals surface area (Å²) < 4.78 is 19.8. The zero-order chi connectivity index (χ0) is 17.4. The van der Waals surface area contributed by atoms with Crippen LogP contribution in [-0.4, -0.2) is 22.8 Å². The fraction of sp³-hybridized carbons (Fsp3) is 0.100. The largest absolute Gasteiger partial charge is 0.497 e. The number of ether oxygens (including phenoxy) is 1. The van der Waals surface area contributed by atoms with Gasteiger partial charge in [0.15, 0.2) is 0 Å². The maximum Gasteiger partial charge on any atom is 0.271 e. The molecule has 0 N–H and O–H groups in total. The Bertz CT molecular complexity index is 970. The average molecular weight is 334 g/mol. The van der Waals surface area contributed by atoms with E-state index in [1.807, 2.05) is 24.3 Å². The molecule has 0 aliphatic carbocycles. The Hall–Kier alpha value is -3.21. The van der Waals surface area contributed by atoms with Crippen LogP contribution < -0.4 is 4.74 Å². The molecular weight excluding hydrogens is 319 g/mol. The molecule has 124 valence electrons. The van der Waals surface area contributed by atoms with Crippen molar-refractivity contribution in [1.29, 1.82) is 0 Å². The van der Waals surface area contributed by atoms with Gasteiger partial charge in [0.25, 0.3) is 5.91 Å².